The van der Waals surface area contributed by atoms with Crippen molar-refractivity contribution in [1.82, 2.24) is 19.9 Å². The first-order valence-corrected chi connectivity index (χ1v) is 7.25. The van der Waals surface area contributed by atoms with Crippen LogP contribution in [0.3, 0.4) is 0 Å². The van der Waals surface area contributed by atoms with E-state index in [0.29, 0.717) is 17.7 Å². The number of hydrogen-bond donors (Lipinski definition) is 1. The van der Waals surface area contributed by atoms with Crippen LogP contribution in [0.4, 0.5) is 4.39 Å². The molecule has 1 atom stereocenters. The Morgan fingerprint density at radius 1 is 1.38 bits per heavy atom. The Morgan fingerprint density at radius 3 is 2.96 bits per heavy atom. The average molecular weight is 323 g/mol. The maximum atomic E-state index is 14.6. The molecule has 2 aromatic heterocycles. The Bertz CT molecular complexity index is 873. The lowest BCUT2D eigenvalue weighted by molar-refractivity contribution is 0.377. The number of halogens is 1. The molecule has 0 aliphatic carbocycles. The van der Waals surface area contributed by atoms with Crippen LogP contribution in [0.1, 0.15) is 28.4 Å². The summed E-state index contributed by atoms with van der Waals surface area (Å²) in [6, 6.07) is 8.66. The summed E-state index contributed by atoms with van der Waals surface area (Å²) in [5.41, 5.74) is 1.86. The first-order valence-electron chi connectivity index (χ1n) is 7.25. The zero-order valence-electron chi connectivity index (χ0n) is 12.9. The molecule has 0 saturated carbocycles. The van der Waals surface area contributed by atoms with Crippen molar-refractivity contribution in [3.8, 4) is 12.1 Å². The van der Waals surface area contributed by atoms with Crippen molar-refractivity contribution in [2.75, 3.05) is 7.11 Å². The summed E-state index contributed by atoms with van der Waals surface area (Å²) in [6.07, 6.45) is 5.18. The van der Waals surface area contributed by atoms with E-state index < -0.39 is 5.82 Å². The van der Waals surface area contributed by atoms with E-state index in [1.54, 1.807) is 30.6 Å². The molecule has 0 saturated heterocycles. The Morgan fingerprint density at radius 2 is 2.25 bits per heavy atom. The molecule has 1 N–H and O–H groups in total. The fraction of sp³-hybridized carbons (Fsp3) is 0.176. The van der Waals surface area contributed by atoms with Crippen LogP contribution in [0.15, 0.2) is 43.0 Å². The molecule has 0 radical (unpaired) electrons. The van der Waals surface area contributed by atoms with Gasteiger partial charge in [0.2, 0.25) is 0 Å². The number of rotatable bonds is 5. The molecule has 3 rings (SSSR count). The summed E-state index contributed by atoms with van der Waals surface area (Å²) in [7, 11) is 1.49. The quantitative estimate of drug-likeness (QED) is 0.780. The fourth-order valence-electron chi connectivity index (χ4n) is 2.55. The summed E-state index contributed by atoms with van der Waals surface area (Å²) in [4.78, 5) is 15.3. The molecule has 0 fully saturated rings. The van der Waals surface area contributed by atoms with E-state index >= 15 is 0 Å². The molecule has 2 heterocycles. The van der Waals surface area contributed by atoms with Gasteiger partial charge < -0.3 is 9.72 Å². The predicted molar refractivity (Wildman–Crippen MR) is 83.8 cm³/mol. The van der Waals surface area contributed by atoms with Gasteiger partial charge in [-0.25, -0.2) is 19.3 Å². The van der Waals surface area contributed by atoms with E-state index in [1.165, 1.54) is 19.5 Å². The van der Waals surface area contributed by atoms with Gasteiger partial charge in [0.05, 0.1) is 19.0 Å². The number of nitrogens with zero attached hydrogens (tertiary/aromatic N) is 4. The third kappa shape index (κ3) is 3.08. The van der Waals surface area contributed by atoms with E-state index in [2.05, 4.69) is 19.9 Å². The zero-order valence-corrected chi connectivity index (χ0v) is 12.9. The van der Waals surface area contributed by atoms with Crippen molar-refractivity contribution in [2.45, 2.75) is 12.3 Å². The lowest BCUT2D eigenvalue weighted by atomic mass is 9.90. The highest BCUT2D eigenvalue weighted by molar-refractivity contribution is 5.39. The third-order valence-corrected chi connectivity index (χ3v) is 3.71. The molecule has 0 bridgehead atoms. The second kappa shape index (κ2) is 6.87. The molecule has 1 aromatic carbocycles. The highest BCUT2D eigenvalue weighted by atomic mass is 19.1. The number of hydrogen-bond acceptors (Lipinski definition) is 5. The van der Waals surface area contributed by atoms with Gasteiger partial charge in [0, 0.05) is 36.1 Å². The van der Waals surface area contributed by atoms with Gasteiger partial charge in [-0.2, -0.15) is 5.26 Å². The number of imidazole rings is 1. The molecule has 0 aliphatic rings. The Labute approximate surface area is 138 Å². The number of aromatic nitrogens is 4. The second-order valence-electron chi connectivity index (χ2n) is 5.12. The van der Waals surface area contributed by atoms with Crippen LogP contribution in [-0.2, 0) is 6.42 Å². The topological polar surface area (TPSA) is 87.5 Å². The van der Waals surface area contributed by atoms with Gasteiger partial charge in [0.15, 0.2) is 0 Å². The van der Waals surface area contributed by atoms with E-state index in [0.717, 1.165) is 5.69 Å². The number of aromatic amines is 1. The monoisotopic (exact) mass is 323 g/mol. The average Bonchev–Trinajstić information content (AvgIpc) is 3.15. The standard InChI is InChI=1S/C17H14FN5O/c1-24-17-21-6-5-12(23-17)7-14(15-9-20-10-22-15)13-4-2-3-11(8-19)16(13)18/h2-6,9-10,14H,7H2,1H3,(H,20,22). The van der Waals surface area contributed by atoms with Crippen LogP contribution in [-0.4, -0.2) is 27.0 Å². The minimum Gasteiger partial charge on any atom is -0.467 e. The normalized spacial score (nSPS) is 11.7. The number of methoxy groups -OCH3 is 1. The minimum absolute atomic E-state index is 0.0114. The Hall–Kier alpha value is -3.27. The van der Waals surface area contributed by atoms with Gasteiger partial charge in [0.1, 0.15) is 11.9 Å². The molecule has 3 aromatic rings. The molecule has 24 heavy (non-hydrogen) atoms. The van der Waals surface area contributed by atoms with Crippen LogP contribution in [0.25, 0.3) is 0 Å². The van der Waals surface area contributed by atoms with Crippen LogP contribution < -0.4 is 4.74 Å². The molecule has 1 unspecified atom stereocenters. The highest BCUT2D eigenvalue weighted by Crippen LogP contribution is 2.30. The molecular formula is C17H14FN5O. The third-order valence-electron chi connectivity index (χ3n) is 3.71. The summed E-state index contributed by atoms with van der Waals surface area (Å²) in [5, 5.41) is 9.07. The van der Waals surface area contributed by atoms with Gasteiger partial charge in [-0.1, -0.05) is 12.1 Å². The lowest BCUT2D eigenvalue weighted by Gasteiger charge is -2.17. The van der Waals surface area contributed by atoms with Gasteiger partial charge >= 0.3 is 6.01 Å². The van der Waals surface area contributed by atoms with Crippen LogP contribution >= 0.6 is 0 Å². The lowest BCUT2D eigenvalue weighted by Crippen LogP contribution is -2.10. The summed E-state index contributed by atoms with van der Waals surface area (Å²) >= 11 is 0. The maximum Gasteiger partial charge on any atom is 0.316 e. The van der Waals surface area contributed by atoms with Crippen molar-refractivity contribution < 1.29 is 9.13 Å². The van der Waals surface area contributed by atoms with E-state index in [9.17, 15) is 4.39 Å². The molecular weight excluding hydrogens is 309 g/mol. The maximum absolute atomic E-state index is 14.6. The highest BCUT2D eigenvalue weighted by Gasteiger charge is 2.22. The second-order valence-corrected chi connectivity index (χ2v) is 5.12. The van der Waals surface area contributed by atoms with Crippen molar-refractivity contribution in [1.29, 1.82) is 5.26 Å². The number of benzene rings is 1. The molecule has 120 valence electrons. The molecule has 7 heteroatoms. The van der Waals surface area contributed by atoms with Gasteiger partial charge in [-0.3, -0.25) is 0 Å². The minimum atomic E-state index is -0.527. The van der Waals surface area contributed by atoms with Crippen molar-refractivity contribution in [2.24, 2.45) is 0 Å². The summed E-state index contributed by atoms with van der Waals surface area (Å²) < 4.78 is 19.7. The van der Waals surface area contributed by atoms with Crippen molar-refractivity contribution in [3.05, 3.63) is 71.3 Å². The Balaban J connectivity index is 2.04. The molecule has 0 amide bonds. The molecule has 0 aliphatic heterocycles. The van der Waals surface area contributed by atoms with Gasteiger partial charge in [-0.15, -0.1) is 0 Å². The van der Waals surface area contributed by atoms with Crippen LogP contribution in [0.5, 0.6) is 6.01 Å². The molecule has 0 spiro atoms. The number of ether oxygens (including phenoxy) is 1. The smallest absolute Gasteiger partial charge is 0.316 e. The van der Waals surface area contributed by atoms with E-state index in [-0.39, 0.29) is 17.5 Å². The fourth-order valence-corrected chi connectivity index (χ4v) is 2.55. The van der Waals surface area contributed by atoms with Crippen LogP contribution in [0.2, 0.25) is 0 Å². The predicted octanol–water partition coefficient (Wildman–Crippen LogP) is 2.59. The SMILES string of the molecule is COc1nccc(CC(c2cnc[nH]2)c2cccc(C#N)c2F)n1. The number of H-pyrrole nitrogens is 1. The zero-order chi connectivity index (χ0) is 16.9. The van der Waals surface area contributed by atoms with Crippen molar-refractivity contribution >= 4 is 0 Å². The first kappa shape index (κ1) is 15.6. The Kier molecular flexibility index (Phi) is 4.47. The van der Waals surface area contributed by atoms with E-state index in [1.807, 2.05) is 6.07 Å². The van der Waals surface area contributed by atoms with Gasteiger partial charge in [0.25, 0.3) is 0 Å². The number of nitrogens with one attached hydrogen (secondary N) is 1. The first-order chi connectivity index (χ1) is 11.7. The largest absolute Gasteiger partial charge is 0.467 e. The summed E-state index contributed by atoms with van der Waals surface area (Å²) in [6.45, 7) is 0. The van der Waals surface area contributed by atoms with Crippen LogP contribution in [0, 0.1) is 17.1 Å². The van der Waals surface area contributed by atoms with E-state index in [4.69, 9.17) is 10.00 Å². The summed E-state index contributed by atoms with van der Waals surface area (Å²) in [5.74, 6) is -0.888. The molecule has 6 nitrogen and oxygen atoms in total. The van der Waals surface area contributed by atoms with Gasteiger partial charge in [-0.05, 0) is 17.7 Å². The van der Waals surface area contributed by atoms with Crippen molar-refractivity contribution in [3.63, 3.8) is 0 Å². The number of nitriles is 1.